The summed E-state index contributed by atoms with van der Waals surface area (Å²) in [5.41, 5.74) is 0.516. The van der Waals surface area contributed by atoms with Crippen molar-refractivity contribution < 1.29 is 9.18 Å². The van der Waals surface area contributed by atoms with E-state index in [-0.39, 0.29) is 10.9 Å². The number of nitrogens with one attached hydrogen (secondary N) is 1. The van der Waals surface area contributed by atoms with E-state index in [4.69, 9.17) is 11.6 Å². The van der Waals surface area contributed by atoms with Gasteiger partial charge in [0, 0.05) is 43.3 Å². The van der Waals surface area contributed by atoms with Crippen LogP contribution in [-0.4, -0.2) is 48.4 Å². The molecule has 1 saturated heterocycles. The Bertz CT molecular complexity index is 687. The van der Waals surface area contributed by atoms with Gasteiger partial charge in [0.15, 0.2) is 0 Å². The van der Waals surface area contributed by atoms with Gasteiger partial charge in [-0.25, -0.2) is 4.39 Å². The molecule has 4 nitrogen and oxygen atoms in total. The van der Waals surface area contributed by atoms with Gasteiger partial charge < -0.3 is 5.32 Å². The topological polar surface area (TPSA) is 35.6 Å². The minimum atomic E-state index is -0.489. The summed E-state index contributed by atoms with van der Waals surface area (Å²) < 4.78 is 13.1. The first-order valence-corrected chi connectivity index (χ1v) is 9.08. The number of nitrogens with zero attached hydrogens (tertiary/aromatic N) is 2. The van der Waals surface area contributed by atoms with Crippen molar-refractivity contribution in [1.82, 2.24) is 9.80 Å². The number of amides is 1. The maximum absolute atomic E-state index is 13.1. The lowest BCUT2D eigenvalue weighted by molar-refractivity contribution is -0.117. The first kappa shape index (κ1) is 17.4. The van der Waals surface area contributed by atoms with E-state index >= 15 is 0 Å². The molecule has 0 atom stereocenters. The highest BCUT2D eigenvalue weighted by molar-refractivity contribution is 7.09. The van der Waals surface area contributed by atoms with Crippen LogP contribution < -0.4 is 5.32 Å². The minimum absolute atomic E-state index is 0.00925. The third kappa shape index (κ3) is 4.77. The molecular weight excluding hydrogens is 349 g/mol. The summed E-state index contributed by atoms with van der Waals surface area (Å²) in [6, 6.07) is 8.41. The highest BCUT2D eigenvalue weighted by atomic mass is 35.5. The van der Waals surface area contributed by atoms with Crippen molar-refractivity contribution in [2.24, 2.45) is 0 Å². The molecule has 24 heavy (non-hydrogen) atoms. The first-order chi connectivity index (χ1) is 11.6. The molecule has 0 saturated carbocycles. The van der Waals surface area contributed by atoms with Crippen LogP contribution >= 0.6 is 22.9 Å². The largest absolute Gasteiger partial charge is 0.325 e. The fraction of sp³-hybridized carbons (Fsp3) is 0.353. The van der Waals surface area contributed by atoms with Gasteiger partial charge in [0.1, 0.15) is 5.82 Å². The second-order valence-corrected chi connectivity index (χ2v) is 7.25. The number of thiophene rings is 1. The van der Waals surface area contributed by atoms with Gasteiger partial charge in [-0.3, -0.25) is 14.6 Å². The summed E-state index contributed by atoms with van der Waals surface area (Å²) >= 11 is 7.50. The molecule has 1 aromatic heterocycles. The second-order valence-electron chi connectivity index (χ2n) is 5.81. The Morgan fingerprint density at radius 2 is 1.96 bits per heavy atom. The summed E-state index contributed by atoms with van der Waals surface area (Å²) in [5.74, 6) is -0.596. The smallest absolute Gasteiger partial charge is 0.238 e. The van der Waals surface area contributed by atoms with E-state index in [1.165, 1.54) is 23.1 Å². The predicted molar refractivity (Wildman–Crippen MR) is 96.1 cm³/mol. The Hall–Kier alpha value is -1.47. The summed E-state index contributed by atoms with van der Waals surface area (Å²) in [7, 11) is 0. The van der Waals surface area contributed by atoms with Crippen molar-refractivity contribution in [3.8, 4) is 0 Å². The number of halogens is 2. The summed E-state index contributed by atoms with van der Waals surface area (Å²) in [5, 5.41) is 4.87. The molecule has 2 aromatic rings. The zero-order valence-electron chi connectivity index (χ0n) is 13.2. The standard InChI is InChI=1S/C17H19ClFN3OS/c18-15-10-13(3-4-16(15)19)20-17(23)12-22-7-5-21(6-8-22)11-14-2-1-9-24-14/h1-4,9-10H,5-8,11-12H2,(H,20,23). The molecule has 1 aliphatic heterocycles. The van der Waals surface area contributed by atoms with Gasteiger partial charge in [-0.1, -0.05) is 17.7 Å². The summed E-state index contributed by atoms with van der Waals surface area (Å²) in [6.45, 7) is 4.95. The van der Waals surface area contributed by atoms with Gasteiger partial charge in [0.2, 0.25) is 5.91 Å². The fourth-order valence-corrected chi connectivity index (χ4v) is 3.63. The van der Waals surface area contributed by atoms with Crippen LogP contribution in [0.2, 0.25) is 5.02 Å². The molecule has 128 valence electrons. The van der Waals surface area contributed by atoms with Crippen molar-refractivity contribution in [3.63, 3.8) is 0 Å². The molecule has 7 heteroatoms. The number of hydrogen-bond donors (Lipinski definition) is 1. The predicted octanol–water partition coefficient (Wildman–Crippen LogP) is 3.30. The first-order valence-electron chi connectivity index (χ1n) is 7.82. The van der Waals surface area contributed by atoms with Gasteiger partial charge >= 0.3 is 0 Å². The van der Waals surface area contributed by atoms with Crippen molar-refractivity contribution in [3.05, 3.63) is 51.4 Å². The minimum Gasteiger partial charge on any atom is -0.325 e. The average Bonchev–Trinajstić information content (AvgIpc) is 3.06. The lowest BCUT2D eigenvalue weighted by Crippen LogP contribution is -2.48. The zero-order valence-corrected chi connectivity index (χ0v) is 14.7. The normalized spacial score (nSPS) is 16.2. The molecule has 2 heterocycles. The molecule has 3 rings (SSSR count). The van der Waals surface area contributed by atoms with E-state index < -0.39 is 5.82 Å². The van der Waals surface area contributed by atoms with Crippen LogP contribution in [0.1, 0.15) is 4.88 Å². The van der Waals surface area contributed by atoms with Crippen molar-refractivity contribution in [1.29, 1.82) is 0 Å². The van der Waals surface area contributed by atoms with Gasteiger partial charge in [-0.05, 0) is 29.6 Å². The van der Waals surface area contributed by atoms with Crippen molar-refractivity contribution in [2.45, 2.75) is 6.54 Å². The van der Waals surface area contributed by atoms with E-state index in [9.17, 15) is 9.18 Å². The van der Waals surface area contributed by atoms with Gasteiger partial charge in [0.05, 0.1) is 11.6 Å². The third-order valence-electron chi connectivity index (χ3n) is 4.00. The van der Waals surface area contributed by atoms with Crippen LogP contribution in [0.3, 0.4) is 0 Å². The molecule has 1 N–H and O–H groups in total. The Labute approximate surface area is 149 Å². The molecule has 1 aromatic carbocycles. The van der Waals surface area contributed by atoms with Gasteiger partial charge in [-0.15, -0.1) is 11.3 Å². The molecule has 1 amide bonds. The third-order valence-corrected chi connectivity index (χ3v) is 5.15. The monoisotopic (exact) mass is 367 g/mol. The van der Waals surface area contributed by atoms with E-state index in [0.717, 1.165) is 32.7 Å². The van der Waals surface area contributed by atoms with Crippen molar-refractivity contribution >= 4 is 34.5 Å². The molecule has 0 spiro atoms. The number of piperazine rings is 1. The van der Waals surface area contributed by atoms with Crippen LogP contribution in [0.4, 0.5) is 10.1 Å². The molecule has 1 aliphatic rings. The number of benzene rings is 1. The molecule has 0 bridgehead atoms. The lowest BCUT2D eigenvalue weighted by Gasteiger charge is -2.34. The zero-order chi connectivity index (χ0) is 16.9. The number of hydrogen-bond acceptors (Lipinski definition) is 4. The Morgan fingerprint density at radius 1 is 1.21 bits per heavy atom. The van der Waals surface area contributed by atoms with Crippen molar-refractivity contribution in [2.75, 3.05) is 38.0 Å². The van der Waals surface area contributed by atoms with Crippen LogP contribution in [0.5, 0.6) is 0 Å². The number of carbonyl (C=O) groups is 1. The summed E-state index contributed by atoms with van der Waals surface area (Å²) in [4.78, 5) is 18.0. The van der Waals surface area contributed by atoms with E-state index in [2.05, 4.69) is 32.6 Å². The van der Waals surface area contributed by atoms with Crippen LogP contribution in [-0.2, 0) is 11.3 Å². The van der Waals surface area contributed by atoms with Crippen LogP contribution in [0, 0.1) is 5.82 Å². The number of carbonyl (C=O) groups excluding carboxylic acids is 1. The second kappa shape index (κ2) is 8.07. The average molecular weight is 368 g/mol. The van der Waals surface area contributed by atoms with Crippen LogP contribution in [0.25, 0.3) is 0 Å². The van der Waals surface area contributed by atoms with E-state index in [1.54, 1.807) is 11.3 Å². The Morgan fingerprint density at radius 3 is 2.62 bits per heavy atom. The molecule has 0 unspecified atom stereocenters. The van der Waals surface area contributed by atoms with Gasteiger partial charge in [-0.2, -0.15) is 0 Å². The molecular formula is C17H19ClFN3OS. The summed E-state index contributed by atoms with van der Waals surface area (Å²) in [6.07, 6.45) is 0. The number of rotatable bonds is 5. The lowest BCUT2D eigenvalue weighted by atomic mass is 10.3. The quantitative estimate of drug-likeness (QED) is 0.880. The maximum atomic E-state index is 13.1. The SMILES string of the molecule is O=C(CN1CCN(Cc2cccs2)CC1)Nc1ccc(F)c(Cl)c1. The molecule has 1 fully saturated rings. The Balaban J connectivity index is 1.43. The number of anilines is 1. The van der Waals surface area contributed by atoms with E-state index in [1.807, 2.05) is 0 Å². The maximum Gasteiger partial charge on any atom is 0.238 e. The fourth-order valence-electron chi connectivity index (χ4n) is 2.71. The van der Waals surface area contributed by atoms with Gasteiger partial charge in [0.25, 0.3) is 0 Å². The Kier molecular flexibility index (Phi) is 5.84. The molecule has 0 aliphatic carbocycles. The molecule has 0 radical (unpaired) electrons. The van der Waals surface area contributed by atoms with E-state index in [0.29, 0.717) is 12.2 Å². The van der Waals surface area contributed by atoms with Crippen LogP contribution in [0.15, 0.2) is 35.7 Å². The highest BCUT2D eigenvalue weighted by Gasteiger charge is 2.19. The highest BCUT2D eigenvalue weighted by Crippen LogP contribution is 2.19.